The van der Waals surface area contributed by atoms with Crippen LogP contribution in [0, 0.1) is 0 Å². The van der Waals surface area contributed by atoms with Crippen LogP contribution in [-0.4, -0.2) is 23.3 Å². The standard InChI is InChI=1S/C20H17NO3S/c22-18(17-12-7-13-21-17)14-24-20(23)19(15-8-3-1-4-9-15)25-16-10-5-2-6-11-16/h1-13,19,21H,14H2/t19-/m0/s1. The lowest BCUT2D eigenvalue weighted by Crippen LogP contribution is -2.18. The molecule has 0 amide bonds. The number of rotatable bonds is 7. The predicted octanol–water partition coefficient (Wildman–Crippen LogP) is 4.27. The van der Waals surface area contributed by atoms with Gasteiger partial charge >= 0.3 is 5.97 Å². The molecule has 1 heterocycles. The number of carbonyl (C=O) groups is 2. The number of hydrogen-bond acceptors (Lipinski definition) is 4. The van der Waals surface area contributed by atoms with E-state index >= 15 is 0 Å². The maximum Gasteiger partial charge on any atom is 0.324 e. The van der Waals surface area contributed by atoms with E-state index in [1.165, 1.54) is 11.8 Å². The summed E-state index contributed by atoms with van der Waals surface area (Å²) in [6.07, 6.45) is 1.66. The molecule has 2 aromatic carbocycles. The lowest BCUT2D eigenvalue weighted by molar-refractivity contribution is -0.142. The first kappa shape index (κ1) is 17.0. The van der Waals surface area contributed by atoms with Gasteiger partial charge in [-0.2, -0.15) is 0 Å². The van der Waals surface area contributed by atoms with Crippen molar-refractivity contribution in [2.75, 3.05) is 6.61 Å². The van der Waals surface area contributed by atoms with Crippen LogP contribution in [0.3, 0.4) is 0 Å². The second-order valence-electron chi connectivity index (χ2n) is 5.34. The van der Waals surface area contributed by atoms with Crippen LogP contribution >= 0.6 is 11.8 Å². The second kappa shape index (κ2) is 8.35. The molecule has 1 aromatic heterocycles. The fraction of sp³-hybridized carbons (Fsp3) is 0.100. The molecule has 1 atom stereocenters. The number of esters is 1. The van der Waals surface area contributed by atoms with E-state index in [1.54, 1.807) is 18.3 Å². The molecular formula is C20H17NO3S. The van der Waals surface area contributed by atoms with Gasteiger partial charge in [-0.05, 0) is 29.8 Å². The van der Waals surface area contributed by atoms with Crippen LogP contribution < -0.4 is 0 Å². The van der Waals surface area contributed by atoms with Crippen molar-refractivity contribution in [3.05, 3.63) is 90.3 Å². The highest BCUT2D eigenvalue weighted by molar-refractivity contribution is 8.00. The zero-order chi connectivity index (χ0) is 17.5. The summed E-state index contributed by atoms with van der Waals surface area (Å²) in [6.45, 7) is -0.280. The molecule has 0 saturated carbocycles. The van der Waals surface area contributed by atoms with E-state index in [4.69, 9.17) is 4.74 Å². The molecule has 0 spiro atoms. The SMILES string of the molecule is O=C(COC(=O)[C@@H](Sc1ccccc1)c1ccccc1)c1ccc[nH]1. The van der Waals surface area contributed by atoms with Crippen molar-refractivity contribution < 1.29 is 14.3 Å². The number of benzene rings is 2. The molecule has 0 aliphatic rings. The second-order valence-corrected chi connectivity index (χ2v) is 6.51. The molecule has 0 saturated heterocycles. The quantitative estimate of drug-likeness (QED) is 0.392. The number of carbonyl (C=O) groups excluding carboxylic acids is 2. The van der Waals surface area contributed by atoms with Crippen molar-refractivity contribution >= 4 is 23.5 Å². The van der Waals surface area contributed by atoms with Gasteiger partial charge in [-0.15, -0.1) is 11.8 Å². The minimum atomic E-state index is -0.528. The summed E-state index contributed by atoms with van der Waals surface area (Å²) in [5, 5.41) is -0.528. The number of thioether (sulfide) groups is 1. The third-order valence-electron chi connectivity index (χ3n) is 3.56. The van der Waals surface area contributed by atoms with Crippen LogP contribution in [0.1, 0.15) is 21.3 Å². The van der Waals surface area contributed by atoms with Crippen LogP contribution in [0.2, 0.25) is 0 Å². The maximum atomic E-state index is 12.6. The summed E-state index contributed by atoms with van der Waals surface area (Å²) in [5.41, 5.74) is 1.27. The van der Waals surface area contributed by atoms with Gasteiger partial charge in [-0.1, -0.05) is 48.5 Å². The molecule has 0 aliphatic carbocycles. The van der Waals surface area contributed by atoms with Crippen molar-refractivity contribution in [3.8, 4) is 0 Å². The van der Waals surface area contributed by atoms with Gasteiger partial charge in [0.2, 0.25) is 5.78 Å². The van der Waals surface area contributed by atoms with E-state index in [-0.39, 0.29) is 12.4 Å². The van der Waals surface area contributed by atoms with Crippen LogP contribution in [0.5, 0.6) is 0 Å². The summed E-state index contributed by atoms with van der Waals surface area (Å²) < 4.78 is 5.29. The van der Waals surface area contributed by atoms with Crippen LogP contribution in [0.15, 0.2) is 83.9 Å². The highest BCUT2D eigenvalue weighted by Crippen LogP contribution is 2.36. The van der Waals surface area contributed by atoms with E-state index in [2.05, 4.69) is 4.98 Å². The van der Waals surface area contributed by atoms with E-state index in [1.807, 2.05) is 60.7 Å². The highest BCUT2D eigenvalue weighted by Gasteiger charge is 2.24. The van der Waals surface area contributed by atoms with Crippen molar-refractivity contribution in [3.63, 3.8) is 0 Å². The van der Waals surface area contributed by atoms with E-state index in [9.17, 15) is 9.59 Å². The predicted molar refractivity (Wildman–Crippen MR) is 97.6 cm³/mol. The van der Waals surface area contributed by atoms with E-state index < -0.39 is 11.2 Å². The Morgan fingerprint density at radius 3 is 2.24 bits per heavy atom. The van der Waals surface area contributed by atoms with Gasteiger partial charge in [0.05, 0.1) is 5.69 Å². The number of Topliss-reactive ketones (excluding diaryl/α,β-unsaturated/α-hetero) is 1. The molecule has 4 nitrogen and oxygen atoms in total. The molecule has 5 heteroatoms. The summed E-state index contributed by atoms with van der Waals surface area (Å²) in [4.78, 5) is 28.4. The number of H-pyrrole nitrogens is 1. The third kappa shape index (κ3) is 4.61. The van der Waals surface area contributed by atoms with Crippen molar-refractivity contribution in [2.45, 2.75) is 10.1 Å². The summed E-state index contributed by atoms with van der Waals surface area (Å²) in [7, 11) is 0. The van der Waals surface area contributed by atoms with Gasteiger partial charge in [-0.25, -0.2) is 0 Å². The highest BCUT2D eigenvalue weighted by atomic mass is 32.2. The van der Waals surface area contributed by atoms with E-state index in [0.717, 1.165) is 10.5 Å². The molecule has 3 rings (SSSR count). The molecule has 0 radical (unpaired) electrons. The van der Waals surface area contributed by atoms with Gasteiger partial charge in [0.15, 0.2) is 6.61 Å². The Hall–Kier alpha value is -2.79. The maximum absolute atomic E-state index is 12.6. The molecule has 3 aromatic rings. The van der Waals surface area contributed by atoms with Crippen LogP contribution in [0.4, 0.5) is 0 Å². The smallest absolute Gasteiger partial charge is 0.324 e. The number of ether oxygens (including phenoxy) is 1. The number of ketones is 1. The lowest BCUT2D eigenvalue weighted by Gasteiger charge is -2.16. The Bertz CT molecular complexity index is 817. The normalized spacial score (nSPS) is 11.7. The molecule has 126 valence electrons. The Morgan fingerprint density at radius 2 is 1.60 bits per heavy atom. The number of aromatic nitrogens is 1. The summed E-state index contributed by atoms with van der Waals surface area (Å²) in [6, 6.07) is 22.5. The topological polar surface area (TPSA) is 59.2 Å². The van der Waals surface area contributed by atoms with Crippen molar-refractivity contribution in [2.24, 2.45) is 0 Å². The number of hydrogen-bond donors (Lipinski definition) is 1. The Labute approximate surface area is 150 Å². The van der Waals surface area contributed by atoms with Gasteiger partial charge < -0.3 is 9.72 Å². The molecule has 0 unspecified atom stereocenters. The molecule has 0 aliphatic heterocycles. The van der Waals surface area contributed by atoms with Gasteiger partial charge in [0.1, 0.15) is 5.25 Å². The average molecular weight is 351 g/mol. The monoisotopic (exact) mass is 351 g/mol. The van der Waals surface area contributed by atoms with Crippen molar-refractivity contribution in [1.29, 1.82) is 0 Å². The Morgan fingerprint density at radius 1 is 0.920 bits per heavy atom. The summed E-state index contributed by atoms with van der Waals surface area (Å²) in [5.74, 6) is -0.685. The number of nitrogens with one attached hydrogen (secondary N) is 1. The minimum Gasteiger partial charge on any atom is -0.456 e. The minimum absolute atomic E-state index is 0.255. The molecule has 1 N–H and O–H groups in total. The number of aromatic amines is 1. The first-order chi connectivity index (χ1) is 12.2. The van der Waals surface area contributed by atoms with Crippen molar-refractivity contribution in [1.82, 2.24) is 4.98 Å². The molecular weight excluding hydrogens is 334 g/mol. The van der Waals surface area contributed by atoms with Gasteiger partial charge in [0.25, 0.3) is 0 Å². The Kier molecular flexibility index (Phi) is 5.69. The molecule has 0 fully saturated rings. The Balaban J connectivity index is 1.72. The first-order valence-corrected chi connectivity index (χ1v) is 8.72. The zero-order valence-electron chi connectivity index (χ0n) is 13.4. The largest absolute Gasteiger partial charge is 0.456 e. The van der Waals surface area contributed by atoms with Gasteiger partial charge in [0, 0.05) is 11.1 Å². The van der Waals surface area contributed by atoms with Gasteiger partial charge in [-0.3, -0.25) is 9.59 Å². The third-order valence-corrected chi connectivity index (χ3v) is 4.80. The zero-order valence-corrected chi connectivity index (χ0v) is 14.2. The fourth-order valence-corrected chi connectivity index (χ4v) is 3.35. The fourth-order valence-electron chi connectivity index (χ4n) is 2.31. The summed E-state index contributed by atoms with van der Waals surface area (Å²) >= 11 is 1.41. The average Bonchev–Trinajstić information content (AvgIpc) is 3.20. The molecule has 25 heavy (non-hydrogen) atoms. The lowest BCUT2D eigenvalue weighted by atomic mass is 10.1. The van der Waals surface area contributed by atoms with Crippen LogP contribution in [-0.2, 0) is 9.53 Å². The van der Waals surface area contributed by atoms with Crippen LogP contribution in [0.25, 0.3) is 0 Å². The first-order valence-electron chi connectivity index (χ1n) is 7.84. The van der Waals surface area contributed by atoms with E-state index in [0.29, 0.717) is 5.69 Å². The molecule has 0 bridgehead atoms.